The molecule has 0 saturated carbocycles. The van der Waals surface area contributed by atoms with Crippen LogP contribution in [0.25, 0.3) is 0 Å². The maximum Gasteiger partial charge on any atom is 0.338 e. The van der Waals surface area contributed by atoms with Crippen molar-refractivity contribution in [3.63, 3.8) is 0 Å². The van der Waals surface area contributed by atoms with Crippen molar-refractivity contribution in [2.45, 2.75) is 32.2 Å². The number of hydrogen-bond donors (Lipinski definition) is 0. The summed E-state index contributed by atoms with van der Waals surface area (Å²) >= 11 is 5.70. The molecule has 1 amide bonds. The molecule has 10 heteroatoms. The Morgan fingerprint density at radius 1 is 1.30 bits per heavy atom. The van der Waals surface area contributed by atoms with Crippen molar-refractivity contribution in [1.82, 2.24) is 4.90 Å². The predicted octanol–water partition coefficient (Wildman–Crippen LogP) is 2.35. The van der Waals surface area contributed by atoms with Gasteiger partial charge in [-0.3, -0.25) is 14.9 Å². The summed E-state index contributed by atoms with van der Waals surface area (Å²) in [5.74, 6) is -1.90. The van der Waals surface area contributed by atoms with E-state index < -0.39 is 41.1 Å². The van der Waals surface area contributed by atoms with Crippen molar-refractivity contribution in [3.8, 4) is 0 Å². The second-order valence-electron chi connectivity index (χ2n) is 5.85. The number of carbonyl (C=O) groups excluding carboxylic acids is 3. The molecule has 0 radical (unpaired) electrons. The Morgan fingerprint density at radius 2 is 2.04 bits per heavy atom. The van der Waals surface area contributed by atoms with Gasteiger partial charge in [0.15, 0.2) is 6.61 Å². The van der Waals surface area contributed by atoms with Crippen LogP contribution in [0.15, 0.2) is 18.2 Å². The van der Waals surface area contributed by atoms with E-state index in [1.807, 2.05) is 0 Å². The van der Waals surface area contributed by atoms with Crippen LogP contribution in [-0.2, 0) is 19.1 Å². The molecule has 27 heavy (non-hydrogen) atoms. The van der Waals surface area contributed by atoms with Crippen LogP contribution in [0.1, 0.15) is 36.5 Å². The number of amides is 1. The molecule has 1 aliphatic rings. The van der Waals surface area contributed by atoms with Crippen molar-refractivity contribution < 1.29 is 28.8 Å². The molecule has 2 rings (SSSR count). The minimum Gasteiger partial charge on any atom is -0.464 e. The standard InChI is InChI=1S/C17H19ClN2O7/c1-2-26-17(23)13-5-3-4-8-19(13)15(21)10-27-16(22)11-6-7-12(18)14(9-11)20(24)25/h6-7,9,13H,2-5,8,10H2,1H3/t13-/m1/s1. The lowest BCUT2D eigenvalue weighted by Crippen LogP contribution is -2.50. The van der Waals surface area contributed by atoms with Gasteiger partial charge < -0.3 is 14.4 Å². The van der Waals surface area contributed by atoms with E-state index in [1.165, 1.54) is 17.0 Å². The predicted molar refractivity (Wildman–Crippen MR) is 94.4 cm³/mol. The van der Waals surface area contributed by atoms with E-state index in [1.54, 1.807) is 6.92 Å². The van der Waals surface area contributed by atoms with E-state index in [0.29, 0.717) is 13.0 Å². The molecule has 0 aromatic heterocycles. The highest BCUT2D eigenvalue weighted by Crippen LogP contribution is 2.25. The lowest BCUT2D eigenvalue weighted by Gasteiger charge is -2.33. The summed E-state index contributed by atoms with van der Waals surface area (Å²) in [7, 11) is 0. The molecule has 146 valence electrons. The first-order valence-electron chi connectivity index (χ1n) is 8.42. The summed E-state index contributed by atoms with van der Waals surface area (Å²) in [4.78, 5) is 48.0. The topological polar surface area (TPSA) is 116 Å². The molecule has 1 atom stereocenters. The zero-order valence-corrected chi connectivity index (χ0v) is 15.4. The fourth-order valence-corrected chi connectivity index (χ4v) is 2.97. The molecular weight excluding hydrogens is 380 g/mol. The number of nitro benzene ring substituents is 1. The Kier molecular flexibility index (Phi) is 7.12. The first kappa shape index (κ1) is 20.6. The van der Waals surface area contributed by atoms with Crippen LogP contribution < -0.4 is 0 Å². The number of nitrogens with zero attached hydrogens (tertiary/aromatic N) is 2. The Hall–Kier alpha value is -2.68. The zero-order valence-electron chi connectivity index (χ0n) is 14.7. The lowest BCUT2D eigenvalue weighted by molar-refractivity contribution is -0.384. The largest absolute Gasteiger partial charge is 0.464 e. The maximum absolute atomic E-state index is 12.4. The number of benzene rings is 1. The van der Waals surface area contributed by atoms with E-state index in [0.717, 1.165) is 18.9 Å². The van der Waals surface area contributed by atoms with Crippen LogP contribution in [0.3, 0.4) is 0 Å². The molecule has 1 aliphatic heterocycles. The van der Waals surface area contributed by atoms with Gasteiger partial charge in [-0.15, -0.1) is 0 Å². The molecule has 1 aromatic rings. The van der Waals surface area contributed by atoms with Crippen molar-refractivity contribution >= 4 is 35.1 Å². The summed E-state index contributed by atoms with van der Waals surface area (Å²) in [5, 5.41) is 10.8. The SMILES string of the molecule is CCOC(=O)[C@H]1CCCCN1C(=O)COC(=O)c1ccc(Cl)c([N+](=O)[O-])c1. The van der Waals surface area contributed by atoms with Gasteiger partial charge >= 0.3 is 11.9 Å². The smallest absolute Gasteiger partial charge is 0.338 e. The second-order valence-corrected chi connectivity index (χ2v) is 6.26. The number of hydrogen-bond acceptors (Lipinski definition) is 7. The van der Waals surface area contributed by atoms with E-state index in [-0.39, 0.29) is 17.2 Å². The molecule has 1 aromatic carbocycles. The summed E-state index contributed by atoms with van der Waals surface area (Å²) < 4.78 is 9.94. The zero-order chi connectivity index (χ0) is 20.0. The van der Waals surface area contributed by atoms with E-state index in [4.69, 9.17) is 21.1 Å². The van der Waals surface area contributed by atoms with Gasteiger partial charge in [0.2, 0.25) is 0 Å². The highest BCUT2D eigenvalue weighted by Gasteiger charge is 2.33. The van der Waals surface area contributed by atoms with E-state index in [2.05, 4.69) is 0 Å². The number of esters is 2. The highest BCUT2D eigenvalue weighted by atomic mass is 35.5. The van der Waals surface area contributed by atoms with Gasteiger partial charge in [0.05, 0.1) is 17.1 Å². The number of piperidine rings is 1. The Balaban J connectivity index is 2.01. The number of ether oxygens (including phenoxy) is 2. The third-order valence-corrected chi connectivity index (χ3v) is 4.41. The third kappa shape index (κ3) is 5.16. The number of likely N-dealkylation sites (tertiary alicyclic amines) is 1. The van der Waals surface area contributed by atoms with Gasteiger partial charge in [-0.1, -0.05) is 11.6 Å². The number of carbonyl (C=O) groups is 3. The van der Waals surface area contributed by atoms with Gasteiger partial charge in [0.25, 0.3) is 11.6 Å². The fraction of sp³-hybridized carbons (Fsp3) is 0.471. The molecule has 0 spiro atoms. The quantitative estimate of drug-likeness (QED) is 0.410. The summed E-state index contributed by atoms with van der Waals surface area (Å²) in [6.45, 7) is 1.68. The van der Waals surface area contributed by atoms with Crippen LogP contribution in [0.4, 0.5) is 5.69 Å². The molecule has 0 aliphatic carbocycles. The molecule has 0 unspecified atom stereocenters. The first-order valence-corrected chi connectivity index (χ1v) is 8.80. The second kappa shape index (κ2) is 9.31. The van der Waals surface area contributed by atoms with Gasteiger partial charge in [0.1, 0.15) is 11.1 Å². The highest BCUT2D eigenvalue weighted by molar-refractivity contribution is 6.32. The van der Waals surface area contributed by atoms with Crippen LogP contribution in [0, 0.1) is 10.1 Å². The monoisotopic (exact) mass is 398 g/mol. The minimum absolute atomic E-state index is 0.0977. The average molecular weight is 399 g/mol. The Labute approximate surface area is 160 Å². The van der Waals surface area contributed by atoms with Crippen molar-refractivity contribution in [2.75, 3.05) is 19.8 Å². The average Bonchev–Trinajstić information content (AvgIpc) is 2.66. The molecule has 1 saturated heterocycles. The third-order valence-electron chi connectivity index (χ3n) is 4.09. The molecule has 0 bridgehead atoms. The van der Waals surface area contributed by atoms with Crippen molar-refractivity contribution in [2.24, 2.45) is 0 Å². The van der Waals surface area contributed by atoms with Gasteiger partial charge in [-0.05, 0) is 38.3 Å². The van der Waals surface area contributed by atoms with E-state index in [9.17, 15) is 24.5 Å². The normalized spacial score (nSPS) is 16.5. The molecular formula is C17H19ClN2O7. The Bertz CT molecular complexity index is 753. The molecule has 9 nitrogen and oxygen atoms in total. The van der Waals surface area contributed by atoms with Gasteiger partial charge in [-0.2, -0.15) is 0 Å². The van der Waals surface area contributed by atoms with Gasteiger partial charge in [-0.25, -0.2) is 9.59 Å². The first-order chi connectivity index (χ1) is 12.8. The summed E-state index contributed by atoms with van der Waals surface area (Å²) in [6.07, 6.45) is 2.02. The number of rotatable bonds is 6. The number of nitro groups is 1. The van der Waals surface area contributed by atoms with Crippen LogP contribution >= 0.6 is 11.6 Å². The molecule has 1 heterocycles. The minimum atomic E-state index is -0.896. The fourth-order valence-electron chi connectivity index (χ4n) is 2.79. The number of halogens is 1. The molecule has 1 fully saturated rings. The van der Waals surface area contributed by atoms with Crippen molar-refractivity contribution in [3.05, 3.63) is 38.9 Å². The lowest BCUT2D eigenvalue weighted by atomic mass is 10.0. The van der Waals surface area contributed by atoms with Crippen LogP contribution in [-0.4, -0.2) is 53.5 Å². The summed E-state index contributed by atoms with van der Waals surface area (Å²) in [6, 6.07) is 2.77. The molecule has 0 N–H and O–H groups in total. The van der Waals surface area contributed by atoms with Crippen molar-refractivity contribution in [1.29, 1.82) is 0 Å². The van der Waals surface area contributed by atoms with E-state index >= 15 is 0 Å². The Morgan fingerprint density at radius 3 is 2.70 bits per heavy atom. The van der Waals surface area contributed by atoms with Crippen LogP contribution in [0.2, 0.25) is 5.02 Å². The van der Waals surface area contributed by atoms with Crippen LogP contribution in [0.5, 0.6) is 0 Å². The summed E-state index contributed by atoms with van der Waals surface area (Å²) in [5.41, 5.74) is -0.532. The maximum atomic E-state index is 12.4. The van der Waals surface area contributed by atoms with Gasteiger partial charge in [0, 0.05) is 12.6 Å².